The first-order valence-corrected chi connectivity index (χ1v) is 7.70. The molecular weight excluding hydrogens is 292 g/mol. The summed E-state index contributed by atoms with van der Waals surface area (Å²) in [6.45, 7) is 0. The SMILES string of the molecule is O=C1CCCC2=C1C(c1ccccc1)c1c(ccc(O)c1O)O2. The summed E-state index contributed by atoms with van der Waals surface area (Å²) in [6, 6.07) is 12.6. The molecule has 23 heavy (non-hydrogen) atoms. The lowest BCUT2D eigenvalue weighted by Gasteiger charge is -2.33. The van der Waals surface area contributed by atoms with Crippen molar-refractivity contribution in [3.63, 3.8) is 0 Å². The van der Waals surface area contributed by atoms with E-state index >= 15 is 0 Å². The fourth-order valence-corrected chi connectivity index (χ4v) is 3.46. The molecule has 2 aliphatic rings. The molecule has 0 bridgehead atoms. The number of ether oxygens (including phenoxy) is 1. The smallest absolute Gasteiger partial charge is 0.165 e. The molecule has 1 unspecified atom stereocenters. The van der Waals surface area contributed by atoms with Gasteiger partial charge in [0.15, 0.2) is 17.3 Å². The highest BCUT2D eigenvalue weighted by Gasteiger charge is 2.38. The molecule has 0 aromatic heterocycles. The van der Waals surface area contributed by atoms with Gasteiger partial charge in [-0.15, -0.1) is 0 Å². The number of fused-ring (bicyclic) bond motifs is 1. The highest BCUT2D eigenvalue weighted by Crippen LogP contribution is 2.51. The molecule has 1 atom stereocenters. The number of carbonyl (C=O) groups is 1. The lowest BCUT2D eigenvalue weighted by atomic mass is 9.76. The van der Waals surface area contributed by atoms with Gasteiger partial charge in [-0.05, 0) is 24.1 Å². The van der Waals surface area contributed by atoms with Gasteiger partial charge >= 0.3 is 0 Å². The van der Waals surface area contributed by atoms with Gasteiger partial charge in [-0.1, -0.05) is 30.3 Å². The second-order valence-electron chi connectivity index (χ2n) is 5.90. The second-order valence-corrected chi connectivity index (χ2v) is 5.90. The number of hydrogen-bond donors (Lipinski definition) is 2. The van der Waals surface area contributed by atoms with Crippen LogP contribution in [0.5, 0.6) is 17.2 Å². The van der Waals surface area contributed by atoms with Crippen LogP contribution in [0, 0.1) is 0 Å². The standard InChI is InChI=1S/C19H16O4/c20-12-7-4-8-14-17(12)16(11-5-2-1-3-6-11)18-15(23-14)10-9-13(21)19(18)22/h1-3,5-6,9-10,16,21-22H,4,7-8H2. The third-order valence-electron chi connectivity index (χ3n) is 4.51. The molecule has 0 spiro atoms. The van der Waals surface area contributed by atoms with E-state index in [9.17, 15) is 15.0 Å². The van der Waals surface area contributed by atoms with E-state index in [0.717, 1.165) is 12.0 Å². The first-order valence-electron chi connectivity index (χ1n) is 7.70. The Morgan fingerprint density at radius 1 is 1.00 bits per heavy atom. The fourth-order valence-electron chi connectivity index (χ4n) is 3.46. The predicted molar refractivity (Wildman–Crippen MR) is 84.6 cm³/mol. The number of ketones is 1. The first kappa shape index (κ1) is 13.9. The van der Waals surface area contributed by atoms with Crippen LogP contribution in [0.4, 0.5) is 0 Å². The Kier molecular flexibility index (Phi) is 3.11. The monoisotopic (exact) mass is 308 g/mol. The van der Waals surface area contributed by atoms with Crippen LogP contribution in [0.2, 0.25) is 0 Å². The zero-order valence-electron chi connectivity index (χ0n) is 12.5. The summed E-state index contributed by atoms with van der Waals surface area (Å²) in [4.78, 5) is 12.5. The molecule has 116 valence electrons. The maximum absolute atomic E-state index is 12.5. The van der Waals surface area contributed by atoms with Crippen LogP contribution in [-0.4, -0.2) is 16.0 Å². The Bertz CT molecular complexity index is 821. The number of carbonyl (C=O) groups excluding carboxylic acids is 1. The van der Waals surface area contributed by atoms with Crippen LogP contribution >= 0.6 is 0 Å². The Balaban J connectivity index is 2.00. The van der Waals surface area contributed by atoms with Crippen molar-refractivity contribution >= 4 is 5.78 Å². The molecule has 0 saturated heterocycles. The minimum absolute atomic E-state index is 0.0495. The number of phenols is 2. The molecular formula is C19H16O4. The largest absolute Gasteiger partial charge is 0.504 e. The number of phenolic OH excluding ortho intramolecular Hbond substituents is 2. The van der Waals surface area contributed by atoms with E-state index in [4.69, 9.17) is 4.74 Å². The van der Waals surface area contributed by atoms with Crippen molar-refractivity contribution in [2.24, 2.45) is 0 Å². The Morgan fingerprint density at radius 3 is 2.57 bits per heavy atom. The first-order chi connectivity index (χ1) is 11.2. The highest BCUT2D eigenvalue weighted by molar-refractivity contribution is 5.99. The number of rotatable bonds is 1. The van der Waals surface area contributed by atoms with E-state index in [0.29, 0.717) is 35.5 Å². The van der Waals surface area contributed by atoms with Gasteiger partial charge in [0, 0.05) is 24.3 Å². The highest BCUT2D eigenvalue weighted by atomic mass is 16.5. The third-order valence-corrected chi connectivity index (χ3v) is 4.51. The molecule has 2 N–H and O–H groups in total. The summed E-state index contributed by atoms with van der Waals surface area (Å²) in [7, 11) is 0. The molecule has 1 aliphatic carbocycles. The number of Topliss-reactive ketones (excluding diaryl/α,β-unsaturated/α-hetero) is 1. The molecule has 0 amide bonds. The van der Waals surface area contributed by atoms with E-state index in [2.05, 4.69) is 0 Å². The second kappa shape index (κ2) is 5.16. The average molecular weight is 308 g/mol. The van der Waals surface area contributed by atoms with Gasteiger partial charge in [-0.25, -0.2) is 0 Å². The van der Waals surface area contributed by atoms with E-state index in [1.807, 2.05) is 30.3 Å². The molecule has 4 rings (SSSR count). The summed E-state index contributed by atoms with van der Waals surface area (Å²) in [6.07, 6.45) is 1.98. The molecule has 4 nitrogen and oxygen atoms in total. The van der Waals surface area contributed by atoms with Crippen molar-refractivity contribution in [2.75, 3.05) is 0 Å². The molecule has 2 aromatic rings. The summed E-state index contributed by atoms with van der Waals surface area (Å²) in [5.41, 5.74) is 1.97. The van der Waals surface area contributed by atoms with Gasteiger partial charge < -0.3 is 14.9 Å². The van der Waals surface area contributed by atoms with Crippen molar-refractivity contribution in [1.29, 1.82) is 0 Å². The maximum atomic E-state index is 12.5. The van der Waals surface area contributed by atoms with Crippen LogP contribution in [0.1, 0.15) is 36.3 Å². The van der Waals surface area contributed by atoms with Crippen LogP contribution in [0.15, 0.2) is 53.8 Å². The van der Waals surface area contributed by atoms with Gasteiger partial charge in [0.1, 0.15) is 11.5 Å². The summed E-state index contributed by atoms with van der Waals surface area (Å²) in [5.74, 6) is 0.403. The molecule has 0 radical (unpaired) electrons. The molecule has 2 aromatic carbocycles. The number of benzene rings is 2. The topological polar surface area (TPSA) is 66.8 Å². The molecule has 1 heterocycles. The minimum Gasteiger partial charge on any atom is -0.504 e. The summed E-state index contributed by atoms with van der Waals surface area (Å²) >= 11 is 0. The van der Waals surface area contributed by atoms with Crippen molar-refractivity contribution in [1.82, 2.24) is 0 Å². The number of hydrogen-bond acceptors (Lipinski definition) is 4. The van der Waals surface area contributed by atoms with Crippen molar-refractivity contribution < 1.29 is 19.7 Å². The summed E-state index contributed by atoms with van der Waals surface area (Å²) in [5, 5.41) is 20.3. The van der Waals surface area contributed by atoms with Crippen LogP contribution < -0.4 is 4.74 Å². The van der Waals surface area contributed by atoms with Gasteiger partial charge in [0.25, 0.3) is 0 Å². The maximum Gasteiger partial charge on any atom is 0.165 e. The average Bonchev–Trinajstić information content (AvgIpc) is 2.58. The van der Waals surface area contributed by atoms with Gasteiger partial charge in [-0.2, -0.15) is 0 Å². The van der Waals surface area contributed by atoms with Crippen molar-refractivity contribution in [2.45, 2.75) is 25.2 Å². The Morgan fingerprint density at radius 2 is 1.78 bits per heavy atom. The molecule has 0 fully saturated rings. The van der Waals surface area contributed by atoms with Gasteiger partial charge in [0.2, 0.25) is 0 Å². The van der Waals surface area contributed by atoms with Crippen molar-refractivity contribution in [3.8, 4) is 17.2 Å². The van der Waals surface area contributed by atoms with E-state index in [1.165, 1.54) is 6.07 Å². The zero-order valence-corrected chi connectivity index (χ0v) is 12.5. The van der Waals surface area contributed by atoms with E-state index in [-0.39, 0.29) is 17.3 Å². The lowest BCUT2D eigenvalue weighted by molar-refractivity contribution is -0.116. The summed E-state index contributed by atoms with van der Waals surface area (Å²) < 4.78 is 5.88. The minimum atomic E-state index is -0.408. The van der Waals surface area contributed by atoms with Crippen LogP contribution in [0.3, 0.4) is 0 Å². The Hall–Kier alpha value is -2.75. The Labute approximate surface area is 133 Å². The lowest BCUT2D eigenvalue weighted by Crippen LogP contribution is -2.25. The number of allylic oxidation sites excluding steroid dienone is 2. The van der Waals surface area contributed by atoms with Gasteiger partial charge in [-0.3, -0.25) is 4.79 Å². The number of aromatic hydroxyl groups is 2. The molecule has 1 aliphatic heterocycles. The normalized spacial score (nSPS) is 19.8. The van der Waals surface area contributed by atoms with E-state index in [1.54, 1.807) is 6.07 Å². The third kappa shape index (κ3) is 2.10. The van der Waals surface area contributed by atoms with Gasteiger partial charge in [0.05, 0.1) is 5.56 Å². The predicted octanol–water partition coefficient (Wildman–Crippen LogP) is 3.63. The van der Waals surface area contributed by atoms with Crippen LogP contribution in [0.25, 0.3) is 0 Å². The molecule has 4 heteroatoms. The molecule has 0 saturated carbocycles. The fraction of sp³-hybridized carbons (Fsp3) is 0.211. The van der Waals surface area contributed by atoms with Crippen molar-refractivity contribution in [3.05, 3.63) is 64.9 Å². The quantitative estimate of drug-likeness (QED) is 0.790. The zero-order chi connectivity index (χ0) is 16.0. The van der Waals surface area contributed by atoms with E-state index < -0.39 is 5.92 Å². The van der Waals surface area contributed by atoms with Crippen LogP contribution in [-0.2, 0) is 4.79 Å².